The van der Waals surface area contributed by atoms with Crippen molar-refractivity contribution in [3.05, 3.63) is 80.2 Å². The van der Waals surface area contributed by atoms with Crippen molar-refractivity contribution >= 4 is 52.2 Å². The number of benzene rings is 2. The molecule has 0 atom stereocenters. The SMILES string of the molecule is Cc1nc(COc2ccc(/C=C/C(=O)Nc3cccc(Cl)c3Cl)cc2)cs1. The first kappa shape index (κ1) is 19.4. The molecule has 0 saturated carbocycles. The Morgan fingerprint density at radius 2 is 2.00 bits per heavy atom. The summed E-state index contributed by atoms with van der Waals surface area (Å²) in [5.74, 6) is 0.450. The zero-order valence-corrected chi connectivity index (χ0v) is 16.7. The zero-order valence-electron chi connectivity index (χ0n) is 14.4. The van der Waals surface area contributed by atoms with Crippen molar-refractivity contribution in [1.29, 1.82) is 0 Å². The number of nitrogens with one attached hydrogen (secondary N) is 1. The molecule has 3 rings (SSSR count). The number of aryl methyl sites for hydroxylation is 1. The summed E-state index contributed by atoms with van der Waals surface area (Å²) in [5.41, 5.74) is 2.26. The Bertz CT molecular complexity index is 968. The highest BCUT2D eigenvalue weighted by Gasteiger charge is 2.06. The van der Waals surface area contributed by atoms with Crippen LogP contribution in [0.4, 0.5) is 5.69 Å². The number of nitrogens with zero attached hydrogens (tertiary/aromatic N) is 1. The van der Waals surface area contributed by atoms with Crippen LogP contribution < -0.4 is 10.1 Å². The molecule has 7 heteroatoms. The molecule has 0 aliphatic heterocycles. The van der Waals surface area contributed by atoms with Gasteiger partial charge in [-0.15, -0.1) is 11.3 Å². The maximum atomic E-state index is 12.0. The number of thiazole rings is 1. The van der Waals surface area contributed by atoms with Gasteiger partial charge in [0.25, 0.3) is 0 Å². The standard InChI is InChI=1S/C20H16Cl2N2O2S/c1-13-23-15(12-27-13)11-26-16-8-5-14(6-9-16)7-10-19(25)24-18-4-2-3-17(21)20(18)22/h2-10,12H,11H2,1H3,(H,24,25)/b10-7+. The molecule has 3 aromatic rings. The molecule has 0 bridgehead atoms. The lowest BCUT2D eigenvalue weighted by Crippen LogP contribution is -2.08. The minimum atomic E-state index is -0.293. The molecule has 2 aromatic carbocycles. The van der Waals surface area contributed by atoms with E-state index in [0.29, 0.717) is 22.3 Å². The number of anilines is 1. The Kier molecular flexibility index (Phi) is 6.50. The first-order valence-electron chi connectivity index (χ1n) is 8.08. The van der Waals surface area contributed by atoms with E-state index in [1.807, 2.05) is 36.6 Å². The first-order valence-corrected chi connectivity index (χ1v) is 9.72. The number of halogens is 2. The summed E-state index contributed by atoms with van der Waals surface area (Å²) in [7, 11) is 0. The Labute approximate surface area is 171 Å². The van der Waals surface area contributed by atoms with Gasteiger partial charge in [0, 0.05) is 11.5 Å². The highest BCUT2D eigenvalue weighted by molar-refractivity contribution is 7.09. The Morgan fingerprint density at radius 3 is 2.70 bits per heavy atom. The van der Waals surface area contributed by atoms with Gasteiger partial charge in [-0.3, -0.25) is 4.79 Å². The summed E-state index contributed by atoms with van der Waals surface area (Å²) in [6.45, 7) is 2.40. The van der Waals surface area contributed by atoms with E-state index in [-0.39, 0.29) is 5.91 Å². The highest BCUT2D eigenvalue weighted by atomic mass is 35.5. The second-order valence-electron chi connectivity index (χ2n) is 5.64. The predicted molar refractivity (Wildman–Crippen MR) is 112 cm³/mol. The maximum absolute atomic E-state index is 12.0. The van der Waals surface area contributed by atoms with Crippen LogP contribution in [-0.2, 0) is 11.4 Å². The highest BCUT2D eigenvalue weighted by Crippen LogP contribution is 2.29. The Hall–Kier alpha value is -2.34. The van der Waals surface area contributed by atoms with Gasteiger partial charge in [-0.05, 0) is 42.8 Å². The van der Waals surface area contributed by atoms with E-state index < -0.39 is 0 Å². The number of rotatable bonds is 6. The second-order valence-corrected chi connectivity index (χ2v) is 7.49. The summed E-state index contributed by atoms with van der Waals surface area (Å²) >= 11 is 13.6. The fourth-order valence-corrected chi connectivity index (χ4v) is 3.20. The van der Waals surface area contributed by atoms with Crippen LogP contribution in [0.1, 0.15) is 16.3 Å². The monoisotopic (exact) mass is 418 g/mol. The number of hydrogen-bond acceptors (Lipinski definition) is 4. The van der Waals surface area contributed by atoms with Gasteiger partial charge in [-0.25, -0.2) is 4.98 Å². The average Bonchev–Trinajstić information content (AvgIpc) is 3.08. The normalized spacial score (nSPS) is 10.9. The number of ether oxygens (including phenoxy) is 1. The number of amides is 1. The van der Waals surface area contributed by atoms with E-state index in [2.05, 4.69) is 10.3 Å². The van der Waals surface area contributed by atoms with Crippen LogP contribution in [0.15, 0.2) is 53.9 Å². The van der Waals surface area contributed by atoms with Crippen molar-refractivity contribution in [2.24, 2.45) is 0 Å². The molecule has 4 nitrogen and oxygen atoms in total. The van der Waals surface area contributed by atoms with Gasteiger partial charge in [0.2, 0.25) is 5.91 Å². The summed E-state index contributed by atoms with van der Waals surface area (Å²) in [5, 5.41) is 6.41. The lowest BCUT2D eigenvalue weighted by Gasteiger charge is -2.06. The number of carbonyl (C=O) groups excluding carboxylic acids is 1. The fourth-order valence-electron chi connectivity index (χ4n) is 2.25. The van der Waals surface area contributed by atoms with Gasteiger partial charge in [0.15, 0.2) is 0 Å². The van der Waals surface area contributed by atoms with E-state index >= 15 is 0 Å². The van der Waals surface area contributed by atoms with Crippen molar-refractivity contribution in [3.8, 4) is 5.75 Å². The molecule has 138 valence electrons. The molecular formula is C20H16Cl2N2O2S. The Balaban J connectivity index is 1.55. The summed E-state index contributed by atoms with van der Waals surface area (Å²) in [6, 6.07) is 12.5. The molecule has 0 saturated heterocycles. The van der Waals surface area contributed by atoms with Gasteiger partial charge >= 0.3 is 0 Å². The molecule has 0 radical (unpaired) electrons. The number of carbonyl (C=O) groups is 1. The fraction of sp³-hybridized carbons (Fsp3) is 0.100. The van der Waals surface area contributed by atoms with Crippen molar-refractivity contribution in [2.45, 2.75) is 13.5 Å². The van der Waals surface area contributed by atoms with Gasteiger partial charge in [0.05, 0.1) is 26.4 Å². The van der Waals surface area contributed by atoms with Crippen LogP contribution in [0.5, 0.6) is 5.75 Å². The van der Waals surface area contributed by atoms with Crippen LogP contribution in [-0.4, -0.2) is 10.9 Å². The molecular weight excluding hydrogens is 403 g/mol. The first-order chi connectivity index (χ1) is 13.0. The molecule has 1 aromatic heterocycles. The van der Waals surface area contributed by atoms with Crippen molar-refractivity contribution < 1.29 is 9.53 Å². The molecule has 27 heavy (non-hydrogen) atoms. The average molecular weight is 419 g/mol. The minimum Gasteiger partial charge on any atom is -0.487 e. The quantitative estimate of drug-likeness (QED) is 0.500. The molecule has 1 amide bonds. The number of hydrogen-bond donors (Lipinski definition) is 1. The summed E-state index contributed by atoms with van der Waals surface area (Å²) in [4.78, 5) is 16.4. The van der Waals surface area contributed by atoms with Crippen LogP contribution in [0, 0.1) is 6.92 Å². The van der Waals surface area contributed by atoms with E-state index in [0.717, 1.165) is 22.0 Å². The molecule has 0 aliphatic rings. The van der Waals surface area contributed by atoms with Crippen LogP contribution >= 0.6 is 34.5 Å². The molecule has 0 spiro atoms. The van der Waals surface area contributed by atoms with Gasteiger partial charge in [0.1, 0.15) is 12.4 Å². The third-order valence-electron chi connectivity index (χ3n) is 3.57. The molecule has 0 aliphatic carbocycles. The van der Waals surface area contributed by atoms with Gasteiger partial charge < -0.3 is 10.1 Å². The predicted octanol–water partition coefficient (Wildman–Crippen LogP) is 5.99. The van der Waals surface area contributed by atoms with Gasteiger partial charge in [-0.2, -0.15) is 0 Å². The van der Waals surface area contributed by atoms with E-state index in [1.54, 1.807) is 35.6 Å². The molecule has 0 unspecified atom stereocenters. The zero-order chi connectivity index (χ0) is 19.2. The van der Waals surface area contributed by atoms with Crippen molar-refractivity contribution in [2.75, 3.05) is 5.32 Å². The summed E-state index contributed by atoms with van der Waals surface area (Å²) in [6.07, 6.45) is 3.15. The summed E-state index contributed by atoms with van der Waals surface area (Å²) < 4.78 is 5.70. The van der Waals surface area contributed by atoms with Crippen LogP contribution in [0.3, 0.4) is 0 Å². The van der Waals surface area contributed by atoms with E-state index in [1.165, 1.54) is 6.08 Å². The minimum absolute atomic E-state index is 0.293. The smallest absolute Gasteiger partial charge is 0.248 e. The lowest BCUT2D eigenvalue weighted by molar-refractivity contribution is -0.111. The topological polar surface area (TPSA) is 51.2 Å². The lowest BCUT2D eigenvalue weighted by atomic mass is 10.2. The maximum Gasteiger partial charge on any atom is 0.248 e. The van der Waals surface area contributed by atoms with Crippen molar-refractivity contribution in [3.63, 3.8) is 0 Å². The van der Waals surface area contributed by atoms with E-state index in [9.17, 15) is 4.79 Å². The largest absolute Gasteiger partial charge is 0.487 e. The van der Waals surface area contributed by atoms with Gasteiger partial charge in [-0.1, -0.05) is 41.4 Å². The third-order valence-corrected chi connectivity index (χ3v) is 5.21. The molecule has 0 fully saturated rings. The second kappa shape index (κ2) is 9.04. The number of aromatic nitrogens is 1. The van der Waals surface area contributed by atoms with Crippen LogP contribution in [0.25, 0.3) is 6.08 Å². The van der Waals surface area contributed by atoms with Crippen LogP contribution in [0.2, 0.25) is 10.0 Å². The van der Waals surface area contributed by atoms with E-state index in [4.69, 9.17) is 27.9 Å². The Morgan fingerprint density at radius 1 is 1.22 bits per heavy atom. The third kappa shape index (κ3) is 5.57. The molecule has 1 heterocycles. The van der Waals surface area contributed by atoms with Crippen molar-refractivity contribution in [1.82, 2.24) is 4.98 Å². The molecule has 1 N–H and O–H groups in total.